The molecule has 1 atom stereocenters. The quantitative estimate of drug-likeness (QED) is 0.749. The summed E-state index contributed by atoms with van der Waals surface area (Å²) in [6.45, 7) is -0.0390. The molecule has 0 aromatic carbocycles. The number of carbonyl (C=O) groups is 3. The van der Waals surface area contributed by atoms with Crippen molar-refractivity contribution in [2.45, 2.75) is 30.6 Å². The summed E-state index contributed by atoms with van der Waals surface area (Å²) in [6, 6.07) is 0.850. The van der Waals surface area contributed by atoms with E-state index < -0.39 is 17.2 Å². The fourth-order valence-electron chi connectivity index (χ4n) is 2.92. The summed E-state index contributed by atoms with van der Waals surface area (Å²) in [5, 5.41) is 3.87. The van der Waals surface area contributed by atoms with Crippen molar-refractivity contribution in [2.75, 3.05) is 13.1 Å². The highest BCUT2D eigenvalue weighted by Crippen LogP contribution is 2.38. The Balaban J connectivity index is 1.29. The normalized spacial score (nSPS) is 21.3. The molecule has 4 rings (SSSR count). The number of nitrogens with zero attached hydrogens (tertiary/aromatic N) is 4. The summed E-state index contributed by atoms with van der Waals surface area (Å²) >= 11 is 1.30. The Labute approximate surface area is 158 Å². The van der Waals surface area contributed by atoms with E-state index >= 15 is 0 Å². The van der Waals surface area contributed by atoms with Crippen LogP contribution in [0.5, 0.6) is 0 Å². The van der Waals surface area contributed by atoms with Crippen molar-refractivity contribution in [2.24, 2.45) is 4.99 Å². The lowest BCUT2D eigenvalue weighted by atomic mass is 10.2. The molecular formula is C17H17N5O4S. The molecule has 27 heavy (non-hydrogen) atoms. The molecule has 0 radical (unpaired) electrons. The van der Waals surface area contributed by atoms with Crippen LogP contribution in [0.2, 0.25) is 0 Å². The third kappa shape index (κ3) is 3.70. The summed E-state index contributed by atoms with van der Waals surface area (Å²) in [5.41, 5.74) is 0.978. The molecule has 3 aliphatic rings. The predicted molar refractivity (Wildman–Crippen MR) is 98.5 cm³/mol. The second kappa shape index (κ2) is 7.10. The van der Waals surface area contributed by atoms with Crippen LogP contribution >= 0.6 is 11.8 Å². The molecule has 1 N–H and O–H groups in total. The summed E-state index contributed by atoms with van der Waals surface area (Å²) in [5.74, 6) is -0.349. The number of aromatic nitrogens is 2. The number of hydrogen-bond donors (Lipinski definition) is 1. The van der Waals surface area contributed by atoms with Crippen LogP contribution in [0.4, 0.5) is 4.79 Å². The molecule has 3 heterocycles. The second-order valence-electron chi connectivity index (χ2n) is 6.53. The molecule has 1 saturated carbocycles. The Morgan fingerprint density at radius 1 is 1.30 bits per heavy atom. The zero-order valence-electron chi connectivity index (χ0n) is 14.3. The van der Waals surface area contributed by atoms with E-state index in [4.69, 9.17) is 0 Å². The highest BCUT2D eigenvalue weighted by atomic mass is 32.2. The Bertz CT molecular complexity index is 933. The number of nitrogens with one attached hydrogen (secondary N) is 1. The van der Waals surface area contributed by atoms with Crippen LogP contribution < -0.4 is 10.9 Å². The highest BCUT2D eigenvalue weighted by molar-refractivity contribution is 8.04. The Morgan fingerprint density at radius 2 is 2.11 bits per heavy atom. The van der Waals surface area contributed by atoms with Gasteiger partial charge in [0.15, 0.2) is 0 Å². The molecule has 2 aliphatic heterocycles. The first kappa shape index (κ1) is 17.7. The molecule has 0 bridgehead atoms. The summed E-state index contributed by atoms with van der Waals surface area (Å²) in [6.07, 6.45) is 5.13. The van der Waals surface area contributed by atoms with Crippen LogP contribution in [0.15, 0.2) is 33.7 Å². The van der Waals surface area contributed by atoms with Gasteiger partial charge in [-0.2, -0.15) is 4.99 Å². The van der Waals surface area contributed by atoms with Gasteiger partial charge in [0.25, 0.3) is 5.56 Å². The van der Waals surface area contributed by atoms with Gasteiger partial charge in [-0.25, -0.2) is 9.78 Å². The fraction of sp³-hybridized carbons (Fsp3) is 0.412. The SMILES string of the molecule is O=C(Cn1cnc(C2CC2)cc1=O)NCCN1C(=O)N=C2C=CSC2C1=O. The van der Waals surface area contributed by atoms with Gasteiger partial charge >= 0.3 is 6.03 Å². The van der Waals surface area contributed by atoms with Crippen molar-refractivity contribution < 1.29 is 14.4 Å². The molecule has 0 saturated heterocycles. The average molecular weight is 387 g/mol. The highest BCUT2D eigenvalue weighted by Gasteiger charge is 2.38. The number of rotatable bonds is 6. The predicted octanol–water partition coefficient (Wildman–Crippen LogP) is 0.269. The molecule has 1 aliphatic carbocycles. The van der Waals surface area contributed by atoms with Crippen LogP contribution in [-0.2, 0) is 16.1 Å². The van der Waals surface area contributed by atoms with Gasteiger partial charge in [0, 0.05) is 25.1 Å². The van der Waals surface area contributed by atoms with Crippen molar-refractivity contribution >= 4 is 35.3 Å². The number of fused-ring (bicyclic) bond motifs is 1. The number of carbonyl (C=O) groups excluding carboxylic acids is 3. The summed E-state index contributed by atoms with van der Waals surface area (Å²) in [4.78, 5) is 57.5. The van der Waals surface area contributed by atoms with E-state index in [-0.39, 0.29) is 31.1 Å². The van der Waals surface area contributed by atoms with E-state index in [0.717, 1.165) is 23.4 Å². The van der Waals surface area contributed by atoms with Gasteiger partial charge in [-0.3, -0.25) is 23.9 Å². The zero-order valence-corrected chi connectivity index (χ0v) is 15.1. The van der Waals surface area contributed by atoms with Crippen LogP contribution in [0.1, 0.15) is 24.5 Å². The lowest BCUT2D eigenvalue weighted by Gasteiger charge is -2.25. The standard InChI is InChI=1S/C17H17N5O4S/c23-13(8-21-9-19-12(7-14(21)24)10-1-2-10)18-4-5-22-16(25)15-11(3-6-27-15)20-17(22)26/h3,6-7,9-10,15H,1-2,4-5,8H2,(H,18,23). The molecule has 10 heteroatoms. The van der Waals surface area contributed by atoms with E-state index in [1.807, 2.05) is 0 Å². The Morgan fingerprint density at radius 3 is 2.85 bits per heavy atom. The van der Waals surface area contributed by atoms with Crippen molar-refractivity contribution in [3.05, 3.63) is 39.9 Å². The van der Waals surface area contributed by atoms with Crippen molar-refractivity contribution in [1.82, 2.24) is 19.8 Å². The maximum absolute atomic E-state index is 12.3. The van der Waals surface area contributed by atoms with E-state index in [9.17, 15) is 19.2 Å². The topological polar surface area (TPSA) is 114 Å². The van der Waals surface area contributed by atoms with E-state index in [0.29, 0.717) is 11.6 Å². The molecule has 140 valence electrons. The first-order valence-corrected chi connectivity index (χ1v) is 9.56. The summed E-state index contributed by atoms with van der Waals surface area (Å²) < 4.78 is 1.23. The minimum absolute atomic E-state index is 0.0328. The van der Waals surface area contributed by atoms with E-state index in [1.165, 1.54) is 28.7 Å². The number of allylic oxidation sites excluding steroid dienone is 1. The first-order chi connectivity index (χ1) is 13.0. The monoisotopic (exact) mass is 387 g/mol. The lowest BCUT2D eigenvalue weighted by molar-refractivity contribution is -0.127. The van der Waals surface area contributed by atoms with Crippen molar-refractivity contribution in [1.29, 1.82) is 0 Å². The van der Waals surface area contributed by atoms with Crippen molar-refractivity contribution in [3.63, 3.8) is 0 Å². The van der Waals surface area contributed by atoms with Gasteiger partial charge in [-0.05, 0) is 24.3 Å². The van der Waals surface area contributed by atoms with Gasteiger partial charge < -0.3 is 5.32 Å². The minimum Gasteiger partial charge on any atom is -0.353 e. The van der Waals surface area contributed by atoms with Crippen LogP contribution in [-0.4, -0.2) is 56.3 Å². The number of aliphatic imine (C=N–C) groups is 1. The van der Waals surface area contributed by atoms with E-state index in [1.54, 1.807) is 11.5 Å². The first-order valence-electron chi connectivity index (χ1n) is 8.62. The third-order valence-electron chi connectivity index (χ3n) is 4.54. The molecular weight excluding hydrogens is 370 g/mol. The Hall–Kier alpha value is -2.75. The molecule has 1 fully saturated rings. The molecule has 9 nitrogen and oxygen atoms in total. The maximum Gasteiger partial charge on any atom is 0.350 e. The Kier molecular flexibility index (Phi) is 4.65. The zero-order chi connectivity index (χ0) is 19.0. The third-order valence-corrected chi connectivity index (χ3v) is 5.54. The van der Waals surface area contributed by atoms with Crippen LogP contribution in [0.3, 0.4) is 0 Å². The smallest absolute Gasteiger partial charge is 0.350 e. The van der Waals surface area contributed by atoms with Crippen LogP contribution in [0.25, 0.3) is 0 Å². The van der Waals surface area contributed by atoms with E-state index in [2.05, 4.69) is 15.3 Å². The van der Waals surface area contributed by atoms with Gasteiger partial charge in [0.2, 0.25) is 11.8 Å². The lowest BCUT2D eigenvalue weighted by Crippen LogP contribution is -2.49. The molecule has 1 aromatic heterocycles. The number of urea groups is 1. The second-order valence-corrected chi connectivity index (χ2v) is 7.55. The fourth-order valence-corrected chi connectivity index (χ4v) is 3.81. The molecule has 0 spiro atoms. The number of hydrogen-bond acceptors (Lipinski definition) is 6. The van der Waals surface area contributed by atoms with Gasteiger partial charge in [0.1, 0.15) is 11.8 Å². The number of imide groups is 1. The minimum atomic E-state index is -0.622. The van der Waals surface area contributed by atoms with Crippen LogP contribution in [0, 0.1) is 0 Å². The molecule has 4 amide bonds. The number of thioether (sulfide) groups is 1. The largest absolute Gasteiger partial charge is 0.353 e. The van der Waals surface area contributed by atoms with Gasteiger partial charge in [-0.1, -0.05) is 0 Å². The molecule has 1 aromatic rings. The average Bonchev–Trinajstić information content (AvgIpc) is 3.38. The molecule has 1 unspecified atom stereocenters. The van der Waals surface area contributed by atoms with Crippen molar-refractivity contribution in [3.8, 4) is 0 Å². The summed E-state index contributed by atoms with van der Waals surface area (Å²) in [7, 11) is 0. The van der Waals surface area contributed by atoms with Gasteiger partial charge in [0.05, 0.1) is 17.7 Å². The maximum atomic E-state index is 12.3. The number of amides is 4. The van der Waals surface area contributed by atoms with Gasteiger partial charge in [-0.15, -0.1) is 11.8 Å².